The van der Waals surface area contributed by atoms with E-state index in [1.54, 1.807) is 12.1 Å². The number of hydrogen-bond acceptors (Lipinski definition) is 2. The smallest absolute Gasteiger partial charge is 0.115 e. The molecule has 15 heavy (non-hydrogen) atoms. The molecule has 2 atom stereocenters. The molecule has 0 aromatic heterocycles. The zero-order valence-corrected chi connectivity index (χ0v) is 9.02. The van der Waals surface area contributed by atoms with E-state index in [-0.39, 0.29) is 0 Å². The molecule has 1 unspecified atom stereocenters. The Morgan fingerprint density at radius 3 is 2.47 bits per heavy atom. The van der Waals surface area contributed by atoms with Crippen molar-refractivity contribution in [2.45, 2.75) is 44.1 Å². The van der Waals surface area contributed by atoms with Crippen LogP contribution in [0.5, 0.6) is 5.75 Å². The summed E-state index contributed by atoms with van der Waals surface area (Å²) in [6, 6.07) is 8.03. The number of rotatable bonds is 1. The second kappa shape index (κ2) is 4.67. The first-order chi connectivity index (χ1) is 7.25. The summed E-state index contributed by atoms with van der Waals surface area (Å²) < 4.78 is 0. The van der Waals surface area contributed by atoms with E-state index in [0.717, 1.165) is 12.8 Å². The summed E-state index contributed by atoms with van der Waals surface area (Å²) in [6.45, 7) is 0. The van der Waals surface area contributed by atoms with Crippen LogP contribution in [-0.4, -0.2) is 11.1 Å². The minimum Gasteiger partial charge on any atom is -0.508 e. The number of benzene rings is 1. The summed E-state index contributed by atoms with van der Waals surface area (Å²) >= 11 is 0. The van der Waals surface area contributed by atoms with Crippen molar-refractivity contribution in [2.24, 2.45) is 5.73 Å². The van der Waals surface area contributed by atoms with Crippen molar-refractivity contribution in [2.75, 3.05) is 0 Å². The number of phenols is 1. The van der Waals surface area contributed by atoms with E-state index in [2.05, 4.69) is 0 Å². The summed E-state index contributed by atoms with van der Waals surface area (Å²) in [5.74, 6) is 0.989. The molecule has 1 fully saturated rings. The Kier molecular flexibility index (Phi) is 3.27. The molecule has 0 aliphatic heterocycles. The Morgan fingerprint density at radius 1 is 1.00 bits per heavy atom. The van der Waals surface area contributed by atoms with Crippen LogP contribution >= 0.6 is 0 Å². The molecule has 1 aliphatic carbocycles. The van der Waals surface area contributed by atoms with Crippen LogP contribution in [0.2, 0.25) is 0 Å². The molecular weight excluding hydrogens is 186 g/mol. The monoisotopic (exact) mass is 205 g/mol. The van der Waals surface area contributed by atoms with Crippen molar-refractivity contribution in [1.29, 1.82) is 0 Å². The van der Waals surface area contributed by atoms with E-state index < -0.39 is 0 Å². The highest BCUT2D eigenvalue weighted by molar-refractivity contribution is 5.28. The number of phenolic OH excluding ortho intramolecular Hbond substituents is 1. The van der Waals surface area contributed by atoms with Gasteiger partial charge in [0.25, 0.3) is 0 Å². The molecule has 2 nitrogen and oxygen atoms in total. The van der Waals surface area contributed by atoms with Crippen molar-refractivity contribution >= 4 is 0 Å². The van der Waals surface area contributed by atoms with Gasteiger partial charge in [0.15, 0.2) is 0 Å². The Hall–Kier alpha value is -1.02. The van der Waals surface area contributed by atoms with Crippen LogP contribution in [0.25, 0.3) is 0 Å². The van der Waals surface area contributed by atoms with Crippen molar-refractivity contribution in [1.82, 2.24) is 0 Å². The average Bonchev–Trinajstić information content (AvgIpc) is 2.44. The maximum Gasteiger partial charge on any atom is 0.115 e. The summed E-state index contributed by atoms with van der Waals surface area (Å²) in [5.41, 5.74) is 7.31. The zero-order valence-electron chi connectivity index (χ0n) is 9.02. The van der Waals surface area contributed by atoms with E-state index in [4.69, 9.17) is 5.73 Å². The Balaban J connectivity index is 2.06. The third kappa shape index (κ3) is 2.72. The largest absolute Gasteiger partial charge is 0.508 e. The molecule has 2 heteroatoms. The topological polar surface area (TPSA) is 46.2 Å². The summed E-state index contributed by atoms with van der Waals surface area (Å²) in [4.78, 5) is 0. The van der Waals surface area contributed by atoms with Gasteiger partial charge in [0.05, 0.1) is 0 Å². The third-order valence-electron chi connectivity index (χ3n) is 3.38. The van der Waals surface area contributed by atoms with Gasteiger partial charge in [0.1, 0.15) is 5.75 Å². The van der Waals surface area contributed by atoms with Crippen LogP contribution in [-0.2, 0) is 0 Å². The number of hydrogen-bond donors (Lipinski definition) is 2. The molecule has 1 aromatic rings. The molecule has 82 valence electrons. The average molecular weight is 205 g/mol. The molecule has 0 saturated heterocycles. The second-order valence-corrected chi connectivity index (χ2v) is 4.56. The highest BCUT2D eigenvalue weighted by Crippen LogP contribution is 2.31. The number of aromatic hydroxyl groups is 1. The van der Waals surface area contributed by atoms with Crippen LogP contribution in [0.3, 0.4) is 0 Å². The minimum absolute atomic E-state index is 0.351. The third-order valence-corrected chi connectivity index (χ3v) is 3.38. The summed E-state index contributed by atoms with van der Waals surface area (Å²) in [7, 11) is 0. The number of nitrogens with two attached hydrogens (primary N) is 1. The molecule has 0 bridgehead atoms. The molecule has 1 saturated carbocycles. The van der Waals surface area contributed by atoms with E-state index in [1.165, 1.54) is 24.8 Å². The standard InChI is InChI=1S/C13H19NO/c14-12-3-1-2-10(4-7-12)11-5-8-13(15)9-6-11/h5-6,8-10,12,15H,1-4,7,14H2/t10?,12-/m1/s1. The first-order valence-corrected chi connectivity index (χ1v) is 5.80. The van der Waals surface area contributed by atoms with Gasteiger partial charge in [-0.3, -0.25) is 0 Å². The van der Waals surface area contributed by atoms with Gasteiger partial charge in [0.2, 0.25) is 0 Å². The van der Waals surface area contributed by atoms with Gasteiger partial charge in [-0.05, 0) is 49.3 Å². The van der Waals surface area contributed by atoms with Crippen LogP contribution in [0.1, 0.15) is 43.6 Å². The van der Waals surface area contributed by atoms with E-state index >= 15 is 0 Å². The van der Waals surface area contributed by atoms with Gasteiger partial charge < -0.3 is 10.8 Å². The quantitative estimate of drug-likeness (QED) is 0.692. The molecular formula is C13H19NO. The van der Waals surface area contributed by atoms with Crippen molar-refractivity contribution in [3.05, 3.63) is 29.8 Å². The summed E-state index contributed by atoms with van der Waals surface area (Å²) in [6.07, 6.45) is 5.94. The van der Waals surface area contributed by atoms with E-state index in [0.29, 0.717) is 17.7 Å². The highest BCUT2D eigenvalue weighted by Gasteiger charge is 2.17. The predicted octanol–water partition coefficient (Wildman–Crippen LogP) is 2.77. The van der Waals surface area contributed by atoms with Crippen LogP contribution in [0, 0.1) is 0 Å². The Bertz CT molecular complexity index is 307. The summed E-state index contributed by atoms with van der Waals surface area (Å²) in [5, 5.41) is 9.23. The Morgan fingerprint density at radius 2 is 1.73 bits per heavy atom. The lowest BCUT2D eigenvalue weighted by molar-refractivity contribution is 0.474. The molecule has 0 radical (unpaired) electrons. The maximum absolute atomic E-state index is 9.23. The minimum atomic E-state index is 0.351. The predicted molar refractivity (Wildman–Crippen MR) is 61.9 cm³/mol. The lowest BCUT2D eigenvalue weighted by atomic mass is 9.92. The molecule has 0 amide bonds. The highest BCUT2D eigenvalue weighted by atomic mass is 16.3. The molecule has 3 N–H and O–H groups in total. The molecule has 2 rings (SSSR count). The molecule has 0 heterocycles. The fourth-order valence-corrected chi connectivity index (χ4v) is 2.41. The fourth-order valence-electron chi connectivity index (χ4n) is 2.41. The fraction of sp³-hybridized carbons (Fsp3) is 0.538. The van der Waals surface area contributed by atoms with Gasteiger partial charge in [-0.2, -0.15) is 0 Å². The van der Waals surface area contributed by atoms with Gasteiger partial charge in [-0.1, -0.05) is 18.6 Å². The molecule has 1 aromatic carbocycles. The van der Waals surface area contributed by atoms with Crippen molar-refractivity contribution in [3.63, 3.8) is 0 Å². The first-order valence-electron chi connectivity index (χ1n) is 5.80. The van der Waals surface area contributed by atoms with Gasteiger partial charge in [-0.25, -0.2) is 0 Å². The maximum atomic E-state index is 9.23. The normalized spacial score (nSPS) is 27.3. The van der Waals surface area contributed by atoms with Crippen molar-refractivity contribution in [3.8, 4) is 5.75 Å². The Labute approximate surface area is 91.1 Å². The van der Waals surface area contributed by atoms with Gasteiger partial charge in [-0.15, -0.1) is 0 Å². The van der Waals surface area contributed by atoms with Crippen LogP contribution < -0.4 is 5.73 Å². The van der Waals surface area contributed by atoms with E-state index in [9.17, 15) is 5.11 Å². The van der Waals surface area contributed by atoms with Crippen molar-refractivity contribution < 1.29 is 5.11 Å². The molecule has 1 aliphatic rings. The van der Waals surface area contributed by atoms with E-state index in [1.807, 2.05) is 12.1 Å². The molecule has 0 spiro atoms. The first kappa shape index (κ1) is 10.5. The lowest BCUT2D eigenvalue weighted by Crippen LogP contribution is -2.17. The van der Waals surface area contributed by atoms with Crippen LogP contribution in [0.15, 0.2) is 24.3 Å². The lowest BCUT2D eigenvalue weighted by Gasteiger charge is -2.14. The van der Waals surface area contributed by atoms with Gasteiger partial charge >= 0.3 is 0 Å². The second-order valence-electron chi connectivity index (χ2n) is 4.56. The SMILES string of the molecule is N[C@@H]1CCCC(c2ccc(O)cc2)CC1. The van der Waals surface area contributed by atoms with Crippen LogP contribution in [0.4, 0.5) is 0 Å². The zero-order chi connectivity index (χ0) is 10.7. The van der Waals surface area contributed by atoms with Gasteiger partial charge in [0, 0.05) is 6.04 Å².